The number of aryl methyl sites for hydroxylation is 2. The molecule has 1 atom stereocenters. The van der Waals surface area contributed by atoms with E-state index in [2.05, 4.69) is 33.8 Å². The number of para-hydroxylation sites is 1. The first-order valence-corrected chi connectivity index (χ1v) is 7.42. The van der Waals surface area contributed by atoms with Crippen LogP contribution in [0.15, 0.2) is 30.3 Å². The maximum atomic E-state index is 5.67. The van der Waals surface area contributed by atoms with Crippen molar-refractivity contribution >= 4 is 0 Å². The fraction of sp³-hybridized carbons (Fsp3) is 0.500. The van der Waals surface area contributed by atoms with Gasteiger partial charge in [-0.2, -0.15) is 0 Å². The standard InChI is InChI=1S/C16H24N4/c1-3-14(11-12-17)9-10-16-19-18-13(2)20(16)15-7-5-4-6-8-15/h4-8,14H,3,9-12,17H2,1-2H3. The van der Waals surface area contributed by atoms with E-state index >= 15 is 0 Å². The van der Waals surface area contributed by atoms with Crippen molar-refractivity contribution in [2.45, 2.75) is 39.5 Å². The zero-order valence-corrected chi connectivity index (χ0v) is 12.4. The molecular formula is C16H24N4. The lowest BCUT2D eigenvalue weighted by atomic mass is 9.96. The predicted octanol–water partition coefficient (Wildman–Crippen LogP) is 2.88. The highest BCUT2D eigenvalue weighted by atomic mass is 15.3. The van der Waals surface area contributed by atoms with Crippen molar-refractivity contribution in [3.63, 3.8) is 0 Å². The first-order valence-electron chi connectivity index (χ1n) is 7.42. The van der Waals surface area contributed by atoms with Crippen LogP contribution in [0.5, 0.6) is 0 Å². The Balaban J connectivity index is 2.14. The topological polar surface area (TPSA) is 56.7 Å². The molecule has 0 fully saturated rings. The lowest BCUT2D eigenvalue weighted by Gasteiger charge is -2.14. The molecular weight excluding hydrogens is 248 g/mol. The highest BCUT2D eigenvalue weighted by molar-refractivity contribution is 5.33. The van der Waals surface area contributed by atoms with Gasteiger partial charge in [0, 0.05) is 12.1 Å². The minimum Gasteiger partial charge on any atom is -0.330 e. The van der Waals surface area contributed by atoms with E-state index in [0.717, 1.165) is 43.1 Å². The molecule has 1 aromatic carbocycles. The third-order valence-electron chi connectivity index (χ3n) is 3.83. The number of benzene rings is 1. The number of nitrogens with zero attached hydrogens (tertiary/aromatic N) is 3. The Kier molecular flexibility index (Phi) is 5.30. The van der Waals surface area contributed by atoms with Crippen LogP contribution in [0.3, 0.4) is 0 Å². The van der Waals surface area contributed by atoms with Gasteiger partial charge in [0.05, 0.1) is 0 Å². The lowest BCUT2D eigenvalue weighted by Crippen LogP contribution is -2.11. The van der Waals surface area contributed by atoms with Crippen molar-refractivity contribution in [1.82, 2.24) is 14.8 Å². The quantitative estimate of drug-likeness (QED) is 0.843. The van der Waals surface area contributed by atoms with E-state index in [4.69, 9.17) is 5.73 Å². The van der Waals surface area contributed by atoms with Gasteiger partial charge in [0.1, 0.15) is 11.6 Å². The van der Waals surface area contributed by atoms with Gasteiger partial charge in [-0.15, -0.1) is 10.2 Å². The molecule has 0 spiro atoms. The zero-order chi connectivity index (χ0) is 14.4. The Morgan fingerprint density at radius 3 is 2.55 bits per heavy atom. The minimum atomic E-state index is 0.682. The first-order chi connectivity index (χ1) is 9.76. The van der Waals surface area contributed by atoms with Crippen LogP contribution in [0.1, 0.15) is 37.8 Å². The van der Waals surface area contributed by atoms with Crippen LogP contribution in [0.25, 0.3) is 5.69 Å². The predicted molar refractivity (Wildman–Crippen MR) is 81.9 cm³/mol. The van der Waals surface area contributed by atoms with Gasteiger partial charge in [0.15, 0.2) is 0 Å². The van der Waals surface area contributed by atoms with E-state index in [-0.39, 0.29) is 0 Å². The van der Waals surface area contributed by atoms with Crippen LogP contribution in [0, 0.1) is 12.8 Å². The number of hydrogen-bond acceptors (Lipinski definition) is 3. The SMILES string of the molecule is CCC(CCN)CCc1nnc(C)n1-c1ccccc1. The van der Waals surface area contributed by atoms with Crippen molar-refractivity contribution < 1.29 is 0 Å². The molecule has 2 rings (SSSR count). The van der Waals surface area contributed by atoms with Gasteiger partial charge in [0.2, 0.25) is 0 Å². The molecule has 0 radical (unpaired) electrons. The summed E-state index contributed by atoms with van der Waals surface area (Å²) >= 11 is 0. The normalized spacial score (nSPS) is 12.6. The highest BCUT2D eigenvalue weighted by Gasteiger charge is 2.13. The van der Waals surface area contributed by atoms with Crippen LogP contribution in [0.4, 0.5) is 0 Å². The van der Waals surface area contributed by atoms with Gasteiger partial charge in [0.25, 0.3) is 0 Å². The van der Waals surface area contributed by atoms with E-state index < -0.39 is 0 Å². The Morgan fingerprint density at radius 1 is 1.15 bits per heavy atom. The molecule has 0 saturated carbocycles. The largest absolute Gasteiger partial charge is 0.330 e. The third kappa shape index (κ3) is 3.45. The van der Waals surface area contributed by atoms with Crippen molar-refractivity contribution in [3.8, 4) is 5.69 Å². The summed E-state index contributed by atoms with van der Waals surface area (Å²) in [5.41, 5.74) is 6.80. The molecule has 0 aliphatic carbocycles. The van der Waals surface area contributed by atoms with E-state index in [1.165, 1.54) is 6.42 Å². The minimum absolute atomic E-state index is 0.682. The van der Waals surface area contributed by atoms with Crippen LogP contribution < -0.4 is 5.73 Å². The number of aromatic nitrogens is 3. The fourth-order valence-corrected chi connectivity index (χ4v) is 2.60. The Labute approximate surface area is 121 Å². The molecule has 4 nitrogen and oxygen atoms in total. The molecule has 0 saturated heterocycles. The summed E-state index contributed by atoms with van der Waals surface area (Å²) < 4.78 is 2.15. The average Bonchev–Trinajstić information content (AvgIpc) is 2.85. The Morgan fingerprint density at radius 2 is 1.90 bits per heavy atom. The van der Waals surface area contributed by atoms with Crippen molar-refractivity contribution in [1.29, 1.82) is 0 Å². The van der Waals surface area contributed by atoms with Gasteiger partial charge in [-0.3, -0.25) is 4.57 Å². The summed E-state index contributed by atoms with van der Waals surface area (Å²) in [6.45, 7) is 5.00. The molecule has 0 aliphatic rings. The smallest absolute Gasteiger partial charge is 0.137 e. The van der Waals surface area contributed by atoms with Crippen molar-refractivity contribution in [2.75, 3.05) is 6.54 Å². The first kappa shape index (κ1) is 14.7. The second kappa shape index (κ2) is 7.20. The fourth-order valence-electron chi connectivity index (χ4n) is 2.60. The molecule has 4 heteroatoms. The van der Waals surface area contributed by atoms with Crippen LogP contribution in [0.2, 0.25) is 0 Å². The second-order valence-electron chi connectivity index (χ2n) is 5.22. The average molecular weight is 272 g/mol. The van der Waals surface area contributed by atoms with Gasteiger partial charge in [-0.25, -0.2) is 0 Å². The molecule has 1 aromatic heterocycles. The van der Waals surface area contributed by atoms with Crippen LogP contribution >= 0.6 is 0 Å². The summed E-state index contributed by atoms with van der Waals surface area (Å²) in [5, 5.41) is 8.57. The summed E-state index contributed by atoms with van der Waals surface area (Å²) in [6.07, 6.45) is 4.34. The van der Waals surface area contributed by atoms with Crippen molar-refractivity contribution in [2.24, 2.45) is 11.7 Å². The highest BCUT2D eigenvalue weighted by Crippen LogP contribution is 2.18. The molecule has 108 valence electrons. The Hall–Kier alpha value is -1.68. The van der Waals surface area contributed by atoms with Crippen LogP contribution in [-0.4, -0.2) is 21.3 Å². The molecule has 20 heavy (non-hydrogen) atoms. The summed E-state index contributed by atoms with van der Waals surface area (Å²) in [4.78, 5) is 0. The molecule has 0 amide bonds. The third-order valence-corrected chi connectivity index (χ3v) is 3.83. The lowest BCUT2D eigenvalue weighted by molar-refractivity contribution is 0.437. The molecule has 2 N–H and O–H groups in total. The van der Waals surface area contributed by atoms with Gasteiger partial charge in [-0.05, 0) is 44.4 Å². The van der Waals surface area contributed by atoms with Gasteiger partial charge in [-0.1, -0.05) is 31.5 Å². The van der Waals surface area contributed by atoms with Gasteiger partial charge >= 0.3 is 0 Å². The Bertz CT molecular complexity index is 519. The molecule has 2 aromatic rings. The zero-order valence-electron chi connectivity index (χ0n) is 12.4. The maximum Gasteiger partial charge on any atom is 0.137 e. The second-order valence-corrected chi connectivity index (χ2v) is 5.22. The van der Waals surface area contributed by atoms with E-state index in [9.17, 15) is 0 Å². The summed E-state index contributed by atoms with van der Waals surface area (Å²) in [7, 11) is 0. The summed E-state index contributed by atoms with van der Waals surface area (Å²) in [5.74, 6) is 2.67. The maximum absolute atomic E-state index is 5.67. The van der Waals surface area contributed by atoms with Crippen molar-refractivity contribution in [3.05, 3.63) is 42.0 Å². The summed E-state index contributed by atoms with van der Waals surface area (Å²) in [6, 6.07) is 10.3. The van der Waals surface area contributed by atoms with Gasteiger partial charge < -0.3 is 5.73 Å². The number of hydrogen-bond donors (Lipinski definition) is 1. The monoisotopic (exact) mass is 272 g/mol. The molecule has 1 heterocycles. The molecule has 0 bridgehead atoms. The number of rotatable bonds is 7. The van der Waals surface area contributed by atoms with Crippen LogP contribution in [-0.2, 0) is 6.42 Å². The van der Waals surface area contributed by atoms with E-state index in [1.807, 2.05) is 25.1 Å². The van der Waals surface area contributed by atoms with E-state index in [1.54, 1.807) is 0 Å². The number of nitrogens with two attached hydrogens (primary N) is 1. The van der Waals surface area contributed by atoms with E-state index in [0.29, 0.717) is 5.92 Å². The molecule has 1 unspecified atom stereocenters. The molecule has 0 aliphatic heterocycles.